The summed E-state index contributed by atoms with van der Waals surface area (Å²) in [4.78, 5) is 21.1. The fraction of sp³-hybridized carbons (Fsp3) is 0.600. The van der Waals surface area contributed by atoms with Crippen molar-refractivity contribution in [2.45, 2.75) is 6.92 Å². The normalized spacial score (nSPS) is 13.0. The van der Waals surface area contributed by atoms with Crippen molar-refractivity contribution in [2.75, 3.05) is 19.8 Å². The van der Waals surface area contributed by atoms with Gasteiger partial charge in [-0.3, -0.25) is 4.79 Å². The molecule has 0 saturated carbocycles. The van der Waals surface area contributed by atoms with Crippen molar-refractivity contribution in [2.24, 2.45) is 11.3 Å². The van der Waals surface area contributed by atoms with Gasteiger partial charge in [-0.2, -0.15) is 0 Å². The van der Waals surface area contributed by atoms with Crippen molar-refractivity contribution >= 4 is 12.4 Å². The van der Waals surface area contributed by atoms with Gasteiger partial charge >= 0.3 is 12.4 Å². The minimum atomic E-state index is -1.26. The lowest BCUT2D eigenvalue weighted by atomic mass is 9.74. The zero-order valence-electron chi connectivity index (χ0n) is 9.05. The first kappa shape index (κ1) is 14.8. The van der Waals surface area contributed by atoms with Gasteiger partial charge in [-0.25, -0.2) is 4.79 Å². The maximum atomic E-state index is 11.2. The van der Waals surface area contributed by atoms with Gasteiger partial charge in [0, 0.05) is 11.0 Å². The zero-order valence-corrected chi connectivity index (χ0v) is 9.05. The predicted molar refractivity (Wildman–Crippen MR) is 54.2 cm³/mol. The van der Waals surface area contributed by atoms with Gasteiger partial charge in [0.25, 0.3) is 0 Å². The molecule has 0 aromatic rings. The van der Waals surface area contributed by atoms with Crippen LogP contribution >= 0.6 is 0 Å². The Balaban J connectivity index is 4.87. The molecule has 3 N–H and O–H groups in total. The van der Waals surface area contributed by atoms with Crippen LogP contribution in [0.25, 0.3) is 0 Å². The summed E-state index contributed by atoms with van der Waals surface area (Å²) >= 11 is 0. The van der Waals surface area contributed by atoms with Crippen LogP contribution in [0.1, 0.15) is 6.92 Å². The van der Waals surface area contributed by atoms with E-state index < -0.39 is 37.1 Å². The highest BCUT2D eigenvalue weighted by Gasteiger charge is 2.38. The predicted octanol–water partition coefficient (Wildman–Crippen LogP) is -1.16. The van der Waals surface area contributed by atoms with Crippen LogP contribution in [0.5, 0.6) is 0 Å². The van der Waals surface area contributed by atoms with Gasteiger partial charge in [-0.05, 0) is 5.92 Å². The van der Waals surface area contributed by atoms with E-state index in [4.69, 9.17) is 15.3 Å². The number of ether oxygens (including phenoxy) is 1. The van der Waals surface area contributed by atoms with Crippen LogP contribution in [0, 0.1) is 11.3 Å². The molecule has 92 valence electrons. The lowest BCUT2D eigenvalue weighted by Gasteiger charge is -2.34. The third-order valence-electron chi connectivity index (χ3n) is 2.80. The molecule has 0 aliphatic carbocycles. The largest absolute Gasteiger partial charge is 0.396 e. The molecule has 0 aliphatic heterocycles. The van der Waals surface area contributed by atoms with E-state index in [-0.39, 0.29) is 12.0 Å². The maximum Gasteiger partial charge on any atom is 0.341 e. The first-order chi connectivity index (χ1) is 7.48. The fourth-order valence-corrected chi connectivity index (χ4v) is 1.23. The summed E-state index contributed by atoms with van der Waals surface area (Å²) in [5.74, 6) is -1.66. The highest BCUT2D eigenvalue weighted by atomic mass is 16.6. The summed E-state index contributed by atoms with van der Waals surface area (Å²) in [7, 11) is 0. The number of hydrogen-bond acceptors (Lipinski definition) is 6. The fourth-order valence-electron chi connectivity index (χ4n) is 1.23. The summed E-state index contributed by atoms with van der Waals surface area (Å²) < 4.78 is 4.09. The van der Waals surface area contributed by atoms with Gasteiger partial charge in [0.2, 0.25) is 0 Å². The number of aliphatic hydroxyl groups excluding tert-OH is 3. The van der Waals surface area contributed by atoms with Crippen molar-refractivity contribution < 1.29 is 29.6 Å². The number of carbonyl (C=O) groups excluding carboxylic acids is 2. The molecule has 0 radical (unpaired) electrons. The Morgan fingerprint density at radius 1 is 1.38 bits per heavy atom. The second-order valence-corrected chi connectivity index (χ2v) is 3.59. The van der Waals surface area contributed by atoms with Crippen molar-refractivity contribution in [3.8, 4) is 0 Å². The second kappa shape index (κ2) is 6.37. The van der Waals surface area contributed by atoms with E-state index in [1.165, 1.54) is 6.92 Å². The molecule has 0 aromatic heterocycles. The van der Waals surface area contributed by atoms with Crippen molar-refractivity contribution in [3.63, 3.8) is 0 Å². The molecule has 0 fully saturated rings. The van der Waals surface area contributed by atoms with E-state index in [1.54, 1.807) is 0 Å². The van der Waals surface area contributed by atoms with Crippen molar-refractivity contribution in [3.05, 3.63) is 12.2 Å². The maximum absolute atomic E-state index is 11.2. The van der Waals surface area contributed by atoms with Gasteiger partial charge in [0.05, 0.1) is 19.8 Å². The Kier molecular flexibility index (Phi) is 5.87. The van der Waals surface area contributed by atoms with Crippen LogP contribution in [0.3, 0.4) is 0 Å². The monoisotopic (exact) mass is 232 g/mol. The zero-order chi connectivity index (χ0) is 12.8. The van der Waals surface area contributed by atoms with Crippen LogP contribution < -0.4 is 0 Å². The van der Waals surface area contributed by atoms with Crippen LogP contribution in [0.15, 0.2) is 12.2 Å². The molecule has 0 saturated heterocycles. The smallest absolute Gasteiger partial charge is 0.341 e. The minimum absolute atomic E-state index is 0.0290. The summed E-state index contributed by atoms with van der Waals surface area (Å²) in [6.07, 6.45) is 0. The second-order valence-electron chi connectivity index (χ2n) is 3.59. The van der Waals surface area contributed by atoms with Gasteiger partial charge in [-0.15, -0.1) is 0 Å². The molecule has 6 heteroatoms. The molecule has 0 heterocycles. The topological polar surface area (TPSA) is 104 Å². The molecule has 0 rings (SSSR count). The first-order valence-electron chi connectivity index (χ1n) is 4.65. The van der Waals surface area contributed by atoms with Crippen molar-refractivity contribution in [1.29, 1.82) is 0 Å². The third kappa shape index (κ3) is 2.88. The molecule has 1 unspecified atom stereocenters. The number of hydrogen-bond donors (Lipinski definition) is 3. The van der Waals surface area contributed by atoms with E-state index in [1.807, 2.05) is 0 Å². The molecule has 0 amide bonds. The lowest BCUT2D eigenvalue weighted by Crippen LogP contribution is -2.42. The summed E-state index contributed by atoms with van der Waals surface area (Å²) in [6.45, 7) is 3.33. The van der Waals surface area contributed by atoms with Gasteiger partial charge in [-0.1, -0.05) is 13.5 Å². The first-order valence-corrected chi connectivity index (χ1v) is 4.65. The minimum Gasteiger partial charge on any atom is -0.396 e. The summed E-state index contributed by atoms with van der Waals surface area (Å²) in [5, 5.41) is 27.4. The van der Waals surface area contributed by atoms with E-state index in [0.717, 1.165) is 0 Å². The highest BCUT2D eigenvalue weighted by molar-refractivity contribution is 5.92. The molecule has 0 bridgehead atoms. The van der Waals surface area contributed by atoms with Crippen molar-refractivity contribution in [1.82, 2.24) is 0 Å². The Bertz CT molecular complexity index is 260. The number of esters is 1. The standard InChI is InChI=1S/C10H16O6/c1-7(9(15)16-6-14)8(2)10(3-11,4-12)5-13/h6,8,11-13H,1,3-5H2,2H3. The number of aliphatic hydroxyl groups is 3. The average molecular weight is 232 g/mol. The molecule has 6 nitrogen and oxygen atoms in total. The molecule has 0 spiro atoms. The van der Waals surface area contributed by atoms with E-state index >= 15 is 0 Å². The molecule has 16 heavy (non-hydrogen) atoms. The van der Waals surface area contributed by atoms with E-state index in [2.05, 4.69) is 11.3 Å². The molecule has 0 aromatic carbocycles. The Labute approximate surface area is 93.2 Å². The number of rotatable bonds is 7. The van der Waals surface area contributed by atoms with E-state index in [0.29, 0.717) is 0 Å². The number of carbonyl (C=O) groups is 2. The molecule has 0 aliphatic rings. The Hall–Kier alpha value is -1.24. The summed E-state index contributed by atoms with van der Waals surface area (Å²) in [5.41, 5.74) is -1.36. The molecule has 1 atom stereocenters. The van der Waals surface area contributed by atoms with Gasteiger partial charge < -0.3 is 20.1 Å². The SMILES string of the molecule is C=C(C(=O)OC=O)C(C)C(CO)(CO)CO. The summed E-state index contributed by atoms with van der Waals surface area (Å²) in [6, 6.07) is 0. The van der Waals surface area contributed by atoms with Gasteiger partial charge in [0.1, 0.15) is 0 Å². The third-order valence-corrected chi connectivity index (χ3v) is 2.80. The molecular formula is C10H16O6. The quantitative estimate of drug-likeness (QED) is 0.221. The van der Waals surface area contributed by atoms with Crippen LogP contribution in [-0.4, -0.2) is 47.6 Å². The highest BCUT2D eigenvalue weighted by Crippen LogP contribution is 2.31. The average Bonchev–Trinajstić information content (AvgIpc) is 2.31. The van der Waals surface area contributed by atoms with Crippen LogP contribution in [-0.2, 0) is 14.3 Å². The van der Waals surface area contributed by atoms with Crippen LogP contribution in [0.4, 0.5) is 0 Å². The Morgan fingerprint density at radius 3 is 2.12 bits per heavy atom. The van der Waals surface area contributed by atoms with Crippen LogP contribution in [0.2, 0.25) is 0 Å². The molecular weight excluding hydrogens is 216 g/mol. The van der Waals surface area contributed by atoms with Gasteiger partial charge in [0.15, 0.2) is 0 Å². The Morgan fingerprint density at radius 2 is 1.81 bits per heavy atom. The lowest BCUT2D eigenvalue weighted by molar-refractivity contribution is -0.149. The van der Waals surface area contributed by atoms with E-state index in [9.17, 15) is 9.59 Å².